The van der Waals surface area contributed by atoms with Crippen molar-refractivity contribution in [2.24, 2.45) is 0 Å². The number of morpholine rings is 1. The summed E-state index contributed by atoms with van der Waals surface area (Å²) in [5.41, 5.74) is 1.19. The molecule has 120 valence electrons. The molecule has 0 radical (unpaired) electrons. The summed E-state index contributed by atoms with van der Waals surface area (Å²) in [5, 5.41) is 3.84. The molecule has 0 spiro atoms. The van der Waals surface area contributed by atoms with E-state index in [1.807, 2.05) is 18.2 Å². The Morgan fingerprint density at radius 3 is 3.18 bits per heavy atom. The third-order valence-electron chi connectivity index (χ3n) is 4.15. The zero-order valence-corrected chi connectivity index (χ0v) is 13.4. The molecule has 2 fully saturated rings. The van der Waals surface area contributed by atoms with Gasteiger partial charge in [-0.05, 0) is 24.1 Å². The Morgan fingerprint density at radius 1 is 1.55 bits per heavy atom. The Bertz CT molecular complexity index is 538. The second kappa shape index (κ2) is 6.86. The van der Waals surface area contributed by atoms with Crippen molar-refractivity contribution < 1.29 is 14.3 Å². The molecular formula is C16H21ClN2O3. The number of hydrogen-bond donors (Lipinski definition) is 1. The van der Waals surface area contributed by atoms with Crippen LogP contribution in [0.25, 0.3) is 0 Å². The van der Waals surface area contributed by atoms with E-state index in [0.29, 0.717) is 32.2 Å². The number of ether oxygens (including phenoxy) is 2. The summed E-state index contributed by atoms with van der Waals surface area (Å²) in [6, 6.07) is 8.04. The van der Waals surface area contributed by atoms with Crippen LogP contribution in [-0.4, -0.2) is 56.5 Å². The lowest BCUT2D eigenvalue weighted by molar-refractivity contribution is -0.0494. The number of methoxy groups -OCH3 is 1. The van der Waals surface area contributed by atoms with E-state index in [1.54, 1.807) is 12.0 Å². The fraction of sp³-hybridized carbons (Fsp3) is 0.562. The first kappa shape index (κ1) is 15.6. The largest absolute Gasteiger partial charge is 0.382 e. The molecule has 1 saturated carbocycles. The molecule has 1 N–H and O–H groups in total. The molecule has 22 heavy (non-hydrogen) atoms. The van der Waals surface area contributed by atoms with Crippen LogP contribution in [0.5, 0.6) is 0 Å². The molecule has 1 saturated heterocycles. The molecule has 0 bridgehead atoms. The van der Waals surface area contributed by atoms with Crippen molar-refractivity contribution in [3.63, 3.8) is 0 Å². The lowest BCUT2D eigenvalue weighted by atomic mass is 10.1. The van der Waals surface area contributed by atoms with E-state index in [0.717, 1.165) is 11.4 Å². The van der Waals surface area contributed by atoms with Gasteiger partial charge in [-0.25, -0.2) is 4.79 Å². The fourth-order valence-corrected chi connectivity index (χ4v) is 3.10. The Balaban J connectivity index is 1.51. The number of hydrogen-bond acceptors (Lipinski definition) is 3. The van der Waals surface area contributed by atoms with Crippen LogP contribution < -0.4 is 5.32 Å². The van der Waals surface area contributed by atoms with Gasteiger partial charge in [-0.1, -0.05) is 23.7 Å². The highest BCUT2D eigenvalue weighted by Gasteiger charge is 2.40. The highest BCUT2D eigenvalue weighted by Crippen LogP contribution is 2.41. The van der Waals surface area contributed by atoms with Gasteiger partial charge in [-0.3, -0.25) is 0 Å². The van der Waals surface area contributed by atoms with Crippen LogP contribution in [0.15, 0.2) is 24.3 Å². The van der Waals surface area contributed by atoms with Crippen molar-refractivity contribution in [2.45, 2.75) is 24.5 Å². The normalized spacial score (nSPS) is 27.5. The van der Waals surface area contributed by atoms with Crippen molar-refractivity contribution in [3.05, 3.63) is 34.9 Å². The third kappa shape index (κ3) is 3.72. The molecule has 0 unspecified atom stereocenters. The van der Waals surface area contributed by atoms with E-state index in [2.05, 4.69) is 11.4 Å². The SMILES string of the molecule is COC[C@@H]1CN(C(=O)N[C@@H]2C[C@H]2c2cccc(Cl)c2)CCO1. The van der Waals surface area contributed by atoms with Crippen molar-refractivity contribution in [3.8, 4) is 0 Å². The summed E-state index contributed by atoms with van der Waals surface area (Å²) >= 11 is 6.02. The van der Waals surface area contributed by atoms with Gasteiger partial charge in [-0.2, -0.15) is 0 Å². The number of halogens is 1. The highest BCUT2D eigenvalue weighted by molar-refractivity contribution is 6.30. The van der Waals surface area contributed by atoms with Crippen LogP contribution in [0.2, 0.25) is 5.02 Å². The molecule has 1 aliphatic heterocycles. The minimum Gasteiger partial charge on any atom is -0.382 e. The van der Waals surface area contributed by atoms with Gasteiger partial charge in [0.15, 0.2) is 0 Å². The van der Waals surface area contributed by atoms with Crippen molar-refractivity contribution in [1.82, 2.24) is 10.2 Å². The van der Waals surface area contributed by atoms with Crippen LogP contribution in [0, 0.1) is 0 Å². The summed E-state index contributed by atoms with van der Waals surface area (Å²) in [4.78, 5) is 14.1. The van der Waals surface area contributed by atoms with Crippen molar-refractivity contribution in [1.29, 1.82) is 0 Å². The Kier molecular flexibility index (Phi) is 4.86. The lowest BCUT2D eigenvalue weighted by Crippen LogP contribution is -2.51. The number of carbonyl (C=O) groups excluding carboxylic acids is 1. The Morgan fingerprint density at radius 2 is 2.41 bits per heavy atom. The van der Waals surface area contributed by atoms with Crippen molar-refractivity contribution >= 4 is 17.6 Å². The summed E-state index contributed by atoms with van der Waals surface area (Å²) in [5.74, 6) is 0.374. The first-order chi connectivity index (χ1) is 10.7. The van der Waals surface area contributed by atoms with E-state index in [1.165, 1.54) is 5.56 Å². The first-order valence-electron chi connectivity index (χ1n) is 7.59. The molecule has 6 heteroatoms. The number of amides is 2. The van der Waals surface area contributed by atoms with Gasteiger partial charge in [0.1, 0.15) is 0 Å². The van der Waals surface area contributed by atoms with Gasteiger partial charge in [-0.15, -0.1) is 0 Å². The fourth-order valence-electron chi connectivity index (χ4n) is 2.90. The second-order valence-corrected chi connectivity index (χ2v) is 6.28. The maximum Gasteiger partial charge on any atom is 0.317 e. The number of nitrogens with zero attached hydrogens (tertiary/aromatic N) is 1. The van der Waals surface area contributed by atoms with Gasteiger partial charge in [0.25, 0.3) is 0 Å². The number of urea groups is 1. The summed E-state index contributed by atoms with van der Waals surface area (Å²) in [7, 11) is 1.64. The molecule has 1 heterocycles. The third-order valence-corrected chi connectivity index (χ3v) is 4.39. The topological polar surface area (TPSA) is 50.8 Å². The molecule has 1 aliphatic carbocycles. The van der Waals surface area contributed by atoms with Crippen LogP contribution in [0.4, 0.5) is 4.79 Å². The lowest BCUT2D eigenvalue weighted by Gasteiger charge is -2.32. The first-order valence-corrected chi connectivity index (χ1v) is 7.96. The minimum absolute atomic E-state index is 0.0149. The Labute approximate surface area is 135 Å². The summed E-state index contributed by atoms with van der Waals surface area (Å²) in [6.45, 7) is 2.27. The molecule has 1 aromatic carbocycles. The molecular weight excluding hydrogens is 304 g/mol. The summed E-state index contributed by atoms with van der Waals surface area (Å²) in [6.07, 6.45) is 0.935. The highest BCUT2D eigenvalue weighted by atomic mass is 35.5. The second-order valence-electron chi connectivity index (χ2n) is 5.85. The van der Waals surface area contributed by atoms with E-state index in [-0.39, 0.29) is 18.2 Å². The van der Waals surface area contributed by atoms with Gasteiger partial charge in [0, 0.05) is 30.6 Å². The predicted molar refractivity (Wildman–Crippen MR) is 84.3 cm³/mol. The quantitative estimate of drug-likeness (QED) is 0.924. The maximum atomic E-state index is 12.3. The van der Waals surface area contributed by atoms with Crippen LogP contribution in [-0.2, 0) is 9.47 Å². The average molecular weight is 325 g/mol. The van der Waals surface area contributed by atoms with Gasteiger partial charge in [0.2, 0.25) is 0 Å². The van der Waals surface area contributed by atoms with Gasteiger partial charge in [0.05, 0.1) is 25.9 Å². The number of rotatable bonds is 4. The zero-order valence-electron chi connectivity index (χ0n) is 12.6. The molecule has 3 rings (SSSR count). The minimum atomic E-state index is -0.0348. The van der Waals surface area contributed by atoms with Crippen LogP contribution in [0.1, 0.15) is 17.9 Å². The van der Waals surface area contributed by atoms with Gasteiger partial charge >= 0.3 is 6.03 Å². The van der Waals surface area contributed by atoms with Crippen LogP contribution in [0.3, 0.4) is 0 Å². The summed E-state index contributed by atoms with van der Waals surface area (Å²) < 4.78 is 10.7. The number of nitrogens with one attached hydrogen (secondary N) is 1. The standard InChI is InChI=1S/C16H21ClN2O3/c1-21-10-13-9-19(5-6-22-13)16(20)18-15-8-14(15)11-3-2-4-12(17)7-11/h2-4,7,13-15H,5-6,8-10H2,1H3,(H,18,20)/t13-,14-,15+/m0/s1. The smallest absolute Gasteiger partial charge is 0.317 e. The molecule has 2 amide bonds. The van der Waals surface area contributed by atoms with E-state index >= 15 is 0 Å². The molecule has 0 aromatic heterocycles. The molecule has 5 nitrogen and oxygen atoms in total. The van der Waals surface area contributed by atoms with Gasteiger partial charge < -0.3 is 19.7 Å². The predicted octanol–water partition coefficient (Wildman–Crippen LogP) is 2.25. The average Bonchev–Trinajstić information content (AvgIpc) is 3.27. The Hall–Kier alpha value is -1.30. The number of carbonyl (C=O) groups is 1. The molecule has 2 aliphatic rings. The monoisotopic (exact) mass is 324 g/mol. The molecule has 1 aromatic rings. The van der Waals surface area contributed by atoms with E-state index < -0.39 is 0 Å². The van der Waals surface area contributed by atoms with E-state index in [4.69, 9.17) is 21.1 Å². The zero-order chi connectivity index (χ0) is 15.5. The van der Waals surface area contributed by atoms with E-state index in [9.17, 15) is 4.79 Å². The molecule has 3 atom stereocenters. The van der Waals surface area contributed by atoms with Crippen molar-refractivity contribution in [2.75, 3.05) is 33.4 Å². The number of benzene rings is 1. The van der Waals surface area contributed by atoms with Crippen LogP contribution >= 0.6 is 11.6 Å². The maximum absolute atomic E-state index is 12.3.